The molecule has 1 N–H and O–H groups in total. The third-order valence-corrected chi connectivity index (χ3v) is 3.25. The Morgan fingerprint density at radius 3 is 2.89 bits per heavy atom. The quantitative estimate of drug-likeness (QED) is 0.854. The molecule has 0 spiro atoms. The van der Waals surface area contributed by atoms with Gasteiger partial charge in [0.15, 0.2) is 0 Å². The molecule has 0 amide bonds. The molecule has 4 nitrogen and oxygen atoms in total. The third-order valence-electron chi connectivity index (χ3n) is 2.38. The Kier molecular flexibility index (Phi) is 3.80. The summed E-state index contributed by atoms with van der Waals surface area (Å²) in [5.41, 5.74) is 1.95. The molecular weight excluding hydrogens is 316 g/mol. The molecule has 6 heteroatoms. The SMILES string of the molecule is Cc1c(Cl)ncnc1Nc1ccc(Br)cc1C#N. The van der Waals surface area contributed by atoms with Crippen molar-refractivity contribution in [2.45, 2.75) is 6.92 Å². The number of benzene rings is 1. The molecule has 1 heterocycles. The van der Waals surface area contributed by atoms with Gasteiger partial charge in [0.05, 0.1) is 11.3 Å². The largest absolute Gasteiger partial charge is 0.339 e. The fraction of sp³-hybridized carbons (Fsp3) is 0.0833. The number of nitrogens with one attached hydrogen (secondary N) is 1. The second kappa shape index (κ2) is 5.34. The van der Waals surface area contributed by atoms with Crippen molar-refractivity contribution >= 4 is 39.0 Å². The summed E-state index contributed by atoms with van der Waals surface area (Å²) in [5.74, 6) is 0.592. The fourth-order valence-corrected chi connectivity index (χ4v) is 1.89. The highest BCUT2D eigenvalue weighted by Gasteiger charge is 2.08. The van der Waals surface area contributed by atoms with Crippen LogP contribution in [0.5, 0.6) is 0 Å². The van der Waals surface area contributed by atoms with E-state index in [4.69, 9.17) is 16.9 Å². The Hall–Kier alpha value is -1.64. The predicted molar refractivity (Wildman–Crippen MR) is 73.9 cm³/mol. The maximum Gasteiger partial charge on any atom is 0.138 e. The van der Waals surface area contributed by atoms with E-state index in [0.29, 0.717) is 22.2 Å². The van der Waals surface area contributed by atoms with E-state index in [9.17, 15) is 0 Å². The minimum Gasteiger partial charge on any atom is -0.339 e. The number of rotatable bonds is 2. The van der Waals surface area contributed by atoms with Crippen LogP contribution in [0.2, 0.25) is 5.15 Å². The lowest BCUT2D eigenvalue weighted by Gasteiger charge is -2.10. The first-order valence-corrected chi connectivity index (χ1v) is 6.22. The van der Waals surface area contributed by atoms with Crippen molar-refractivity contribution < 1.29 is 0 Å². The zero-order valence-electron chi connectivity index (χ0n) is 9.41. The molecule has 0 fully saturated rings. The number of nitriles is 1. The summed E-state index contributed by atoms with van der Waals surface area (Å²) in [6.45, 7) is 1.82. The fourth-order valence-electron chi connectivity index (χ4n) is 1.40. The molecule has 2 aromatic rings. The molecule has 18 heavy (non-hydrogen) atoms. The predicted octanol–water partition coefficient (Wildman–Crippen LogP) is 3.82. The minimum atomic E-state index is 0.392. The van der Waals surface area contributed by atoms with E-state index in [-0.39, 0.29) is 0 Å². The maximum absolute atomic E-state index is 9.08. The van der Waals surface area contributed by atoms with Crippen LogP contribution in [0.25, 0.3) is 0 Å². The number of nitrogens with zero attached hydrogens (tertiary/aromatic N) is 3. The van der Waals surface area contributed by atoms with E-state index in [1.54, 1.807) is 12.1 Å². The van der Waals surface area contributed by atoms with Crippen LogP contribution in [0, 0.1) is 18.3 Å². The van der Waals surface area contributed by atoms with Crippen LogP contribution in [0.3, 0.4) is 0 Å². The molecule has 90 valence electrons. The number of halogens is 2. The van der Waals surface area contributed by atoms with Gasteiger partial charge in [-0.3, -0.25) is 0 Å². The maximum atomic E-state index is 9.08. The smallest absolute Gasteiger partial charge is 0.138 e. The van der Waals surface area contributed by atoms with E-state index in [1.807, 2.05) is 13.0 Å². The summed E-state index contributed by atoms with van der Waals surface area (Å²) < 4.78 is 0.849. The van der Waals surface area contributed by atoms with Gasteiger partial charge >= 0.3 is 0 Å². The van der Waals surface area contributed by atoms with Crippen LogP contribution >= 0.6 is 27.5 Å². The summed E-state index contributed by atoms with van der Waals surface area (Å²) in [6.07, 6.45) is 1.38. The Morgan fingerprint density at radius 1 is 1.39 bits per heavy atom. The molecule has 0 atom stereocenters. The van der Waals surface area contributed by atoms with Crippen molar-refractivity contribution in [3.8, 4) is 6.07 Å². The highest BCUT2D eigenvalue weighted by atomic mass is 79.9. The van der Waals surface area contributed by atoms with Gasteiger partial charge in [0.25, 0.3) is 0 Å². The molecule has 0 radical (unpaired) electrons. The third kappa shape index (κ3) is 2.61. The molecule has 0 saturated carbocycles. The summed E-state index contributed by atoms with van der Waals surface area (Å²) in [7, 11) is 0. The van der Waals surface area contributed by atoms with E-state index in [0.717, 1.165) is 10.0 Å². The molecule has 1 aromatic carbocycles. The van der Waals surface area contributed by atoms with Crippen molar-refractivity contribution in [2.24, 2.45) is 0 Å². The molecule has 0 aliphatic heterocycles. The normalized spacial score (nSPS) is 9.89. The van der Waals surface area contributed by atoms with Crippen LogP contribution in [0.1, 0.15) is 11.1 Å². The van der Waals surface area contributed by atoms with Gasteiger partial charge in [0, 0.05) is 10.0 Å². The average molecular weight is 324 g/mol. The first-order valence-electron chi connectivity index (χ1n) is 5.05. The van der Waals surface area contributed by atoms with E-state index in [2.05, 4.69) is 37.3 Å². The van der Waals surface area contributed by atoms with Gasteiger partial charge in [0.2, 0.25) is 0 Å². The summed E-state index contributed by atoms with van der Waals surface area (Å²) >= 11 is 9.24. The molecule has 0 aliphatic rings. The Bertz CT molecular complexity index is 636. The average Bonchev–Trinajstić information content (AvgIpc) is 2.37. The van der Waals surface area contributed by atoms with Gasteiger partial charge in [-0.2, -0.15) is 5.26 Å². The van der Waals surface area contributed by atoms with Crippen molar-refractivity contribution in [1.29, 1.82) is 5.26 Å². The number of hydrogen-bond donors (Lipinski definition) is 1. The van der Waals surface area contributed by atoms with Crippen LogP contribution in [0.15, 0.2) is 29.0 Å². The minimum absolute atomic E-state index is 0.392. The monoisotopic (exact) mass is 322 g/mol. The Morgan fingerprint density at radius 2 is 2.17 bits per heavy atom. The molecule has 0 aliphatic carbocycles. The van der Waals surface area contributed by atoms with Crippen LogP contribution in [-0.2, 0) is 0 Å². The van der Waals surface area contributed by atoms with Gasteiger partial charge in [-0.25, -0.2) is 9.97 Å². The van der Waals surface area contributed by atoms with Crippen LogP contribution < -0.4 is 5.32 Å². The lowest BCUT2D eigenvalue weighted by atomic mass is 10.2. The lowest BCUT2D eigenvalue weighted by molar-refractivity contribution is 1.13. The summed E-state index contributed by atoms with van der Waals surface area (Å²) in [5, 5.41) is 12.5. The molecule has 0 saturated heterocycles. The van der Waals surface area contributed by atoms with Gasteiger partial charge in [-0.15, -0.1) is 0 Å². The van der Waals surface area contributed by atoms with Crippen LogP contribution in [0.4, 0.5) is 11.5 Å². The van der Waals surface area contributed by atoms with Crippen molar-refractivity contribution in [3.05, 3.63) is 45.3 Å². The summed E-state index contributed by atoms with van der Waals surface area (Å²) in [4.78, 5) is 7.98. The zero-order valence-corrected chi connectivity index (χ0v) is 11.7. The number of aromatic nitrogens is 2. The van der Waals surface area contributed by atoms with Crippen molar-refractivity contribution in [3.63, 3.8) is 0 Å². The van der Waals surface area contributed by atoms with E-state index < -0.39 is 0 Å². The second-order valence-electron chi connectivity index (χ2n) is 3.56. The zero-order chi connectivity index (χ0) is 13.1. The molecule has 0 bridgehead atoms. The molecule has 2 rings (SSSR count). The lowest BCUT2D eigenvalue weighted by Crippen LogP contribution is -1.99. The van der Waals surface area contributed by atoms with Gasteiger partial charge in [-0.1, -0.05) is 27.5 Å². The molecule has 0 unspecified atom stereocenters. The summed E-state index contributed by atoms with van der Waals surface area (Å²) in [6, 6.07) is 7.51. The Labute approximate surface area is 118 Å². The van der Waals surface area contributed by atoms with E-state index in [1.165, 1.54) is 6.33 Å². The standard InChI is InChI=1S/C12H8BrClN4/c1-7-11(14)16-6-17-12(7)18-10-3-2-9(13)4-8(10)5-15/h2-4,6H,1H3,(H,16,17,18). The van der Waals surface area contributed by atoms with Crippen LogP contribution in [-0.4, -0.2) is 9.97 Å². The van der Waals surface area contributed by atoms with Gasteiger partial charge < -0.3 is 5.32 Å². The highest BCUT2D eigenvalue weighted by molar-refractivity contribution is 9.10. The highest BCUT2D eigenvalue weighted by Crippen LogP contribution is 2.26. The van der Waals surface area contributed by atoms with Crippen molar-refractivity contribution in [1.82, 2.24) is 9.97 Å². The van der Waals surface area contributed by atoms with Gasteiger partial charge in [-0.05, 0) is 25.1 Å². The molecule has 1 aromatic heterocycles. The first kappa shape index (κ1) is 12.8. The number of anilines is 2. The molecular formula is C12H8BrClN4. The topological polar surface area (TPSA) is 61.6 Å². The van der Waals surface area contributed by atoms with Gasteiger partial charge in [0.1, 0.15) is 23.4 Å². The second-order valence-corrected chi connectivity index (χ2v) is 4.84. The first-order chi connectivity index (χ1) is 8.61. The van der Waals surface area contributed by atoms with E-state index >= 15 is 0 Å². The number of hydrogen-bond acceptors (Lipinski definition) is 4. The Balaban J connectivity index is 2.41. The van der Waals surface area contributed by atoms with Crippen molar-refractivity contribution in [2.75, 3.05) is 5.32 Å².